The minimum absolute atomic E-state index is 1.02. The molecule has 1 aromatic carbocycles. The van der Waals surface area contributed by atoms with Crippen LogP contribution >= 0.6 is 0 Å². The van der Waals surface area contributed by atoms with Crippen LogP contribution in [-0.2, 0) is 0 Å². The van der Waals surface area contributed by atoms with Crippen molar-refractivity contribution in [2.24, 2.45) is 0 Å². The molecule has 0 fully saturated rings. The SMILES string of the molecule is C=C(CC)c1ccc2c(c1)C2=C. The molecule has 0 heteroatoms. The zero-order valence-electron chi connectivity index (χ0n) is 7.35. The van der Waals surface area contributed by atoms with Gasteiger partial charge in [-0.3, -0.25) is 0 Å². The van der Waals surface area contributed by atoms with Crippen LogP contribution in [0.25, 0.3) is 11.1 Å². The third-order valence-electron chi connectivity index (χ3n) is 2.44. The van der Waals surface area contributed by atoms with Crippen molar-refractivity contribution < 1.29 is 0 Å². The largest absolute Gasteiger partial charge is 0.0952 e. The van der Waals surface area contributed by atoms with Gasteiger partial charge in [-0.15, -0.1) is 0 Å². The standard InChI is InChI=1S/C12H12/c1-4-8(2)10-5-6-11-9(3)12(11)7-10/h5-7H,2-4H2,1H3. The highest BCUT2D eigenvalue weighted by atomic mass is 14.2. The van der Waals surface area contributed by atoms with Crippen LogP contribution < -0.4 is 0 Å². The van der Waals surface area contributed by atoms with Gasteiger partial charge in [-0.25, -0.2) is 0 Å². The third-order valence-corrected chi connectivity index (χ3v) is 2.44. The van der Waals surface area contributed by atoms with Crippen LogP contribution in [-0.4, -0.2) is 0 Å². The van der Waals surface area contributed by atoms with Crippen molar-refractivity contribution in [3.05, 3.63) is 48.0 Å². The molecule has 0 nitrogen and oxygen atoms in total. The van der Waals surface area contributed by atoms with Crippen LogP contribution in [0.2, 0.25) is 0 Å². The number of fused-ring (bicyclic) bond motifs is 1. The van der Waals surface area contributed by atoms with E-state index in [1.54, 1.807) is 0 Å². The van der Waals surface area contributed by atoms with Crippen LogP contribution in [0.3, 0.4) is 0 Å². The maximum Gasteiger partial charge on any atom is -0.00991 e. The summed E-state index contributed by atoms with van der Waals surface area (Å²) in [5, 5.41) is 0. The van der Waals surface area contributed by atoms with E-state index in [1.165, 1.54) is 27.8 Å². The van der Waals surface area contributed by atoms with Gasteiger partial charge in [-0.1, -0.05) is 32.2 Å². The topological polar surface area (TPSA) is 0 Å². The Balaban J connectivity index is 2.39. The van der Waals surface area contributed by atoms with Gasteiger partial charge in [0.2, 0.25) is 0 Å². The number of benzene rings is 1. The highest BCUT2D eigenvalue weighted by molar-refractivity contribution is 5.99. The van der Waals surface area contributed by atoms with Crippen molar-refractivity contribution in [3.8, 4) is 0 Å². The molecular weight excluding hydrogens is 144 g/mol. The highest BCUT2D eigenvalue weighted by Crippen LogP contribution is 2.41. The van der Waals surface area contributed by atoms with Crippen LogP contribution in [0.15, 0.2) is 31.4 Å². The van der Waals surface area contributed by atoms with E-state index in [2.05, 4.69) is 38.3 Å². The first kappa shape index (κ1) is 7.35. The molecular formula is C12H12. The van der Waals surface area contributed by atoms with E-state index in [0.717, 1.165) is 6.42 Å². The second-order valence-electron chi connectivity index (χ2n) is 3.20. The Morgan fingerprint density at radius 2 is 2.08 bits per heavy atom. The lowest BCUT2D eigenvalue weighted by Gasteiger charge is -1.99. The number of rotatable bonds is 2. The Hall–Kier alpha value is -1.30. The summed E-state index contributed by atoms with van der Waals surface area (Å²) in [5.41, 5.74) is 6.31. The maximum atomic E-state index is 4.00. The molecule has 0 N–H and O–H groups in total. The zero-order valence-corrected chi connectivity index (χ0v) is 7.35. The molecule has 0 heterocycles. The quantitative estimate of drug-likeness (QED) is 0.624. The van der Waals surface area contributed by atoms with E-state index >= 15 is 0 Å². The van der Waals surface area contributed by atoms with Crippen LogP contribution in [0.5, 0.6) is 0 Å². The summed E-state index contributed by atoms with van der Waals surface area (Å²) < 4.78 is 0. The van der Waals surface area contributed by atoms with Gasteiger partial charge in [0, 0.05) is 0 Å². The number of hydrogen-bond acceptors (Lipinski definition) is 0. The monoisotopic (exact) mass is 156 g/mol. The highest BCUT2D eigenvalue weighted by Gasteiger charge is 2.22. The molecule has 0 amide bonds. The molecule has 0 atom stereocenters. The summed E-state index contributed by atoms with van der Waals surface area (Å²) in [6.45, 7) is 10.1. The van der Waals surface area contributed by atoms with E-state index in [4.69, 9.17) is 0 Å². The molecule has 0 aliphatic heterocycles. The van der Waals surface area contributed by atoms with Crippen molar-refractivity contribution in [1.29, 1.82) is 0 Å². The molecule has 1 aliphatic rings. The molecule has 12 heavy (non-hydrogen) atoms. The van der Waals surface area contributed by atoms with E-state index < -0.39 is 0 Å². The van der Waals surface area contributed by atoms with E-state index in [0.29, 0.717) is 0 Å². The smallest absolute Gasteiger partial charge is 0.00991 e. The third kappa shape index (κ3) is 0.918. The molecule has 0 saturated heterocycles. The lowest BCUT2D eigenvalue weighted by molar-refractivity contribution is 1.25. The molecule has 0 saturated carbocycles. The minimum atomic E-state index is 1.02. The molecule has 0 aromatic heterocycles. The Morgan fingerprint density at radius 1 is 1.33 bits per heavy atom. The van der Waals surface area contributed by atoms with Crippen molar-refractivity contribution in [1.82, 2.24) is 0 Å². The Kier molecular flexibility index (Phi) is 1.44. The first-order chi connectivity index (χ1) is 5.74. The number of allylic oxidation sites excluding steroid dienone is 1. The maximum absolute atomic E-state index is 4.00. The van der Waals surface area contributed by atoms with Crippen molar-refractivity contribution in [2.75, 3.05) is 0 Å². The predicted octanol–water partition coefficient (Wildman–Crippen LogP) is 3.48. The molecule has 0 spiro atoms. The first-order valence-electron chi connectivity index (χ1n) is 4.26. The summed E-state index contributed by atoms with van der Waals surface area (Å²) in [5.74, 6) is 0. The van der Waals surface area contributed by atoms with Gasteiger partial charge in [0.05, 0.1) is 0 Å². The fraction of sp³-hybridized carbons (Fsp3) is 0.167. The molecule has 60 valence electrons. The average molecular weight is 156 g/mol. The van der Waals surface area contributed by atoms with Crippen LogP contribution in [0.4, 0.5) is 0 Å². The summed E-state index contributed by atoms with van der Waals surface area (Å²) in [4.78, 5) is 0. The van der Waals surface area contributed by atoms with Crippen molar-refractivity contribution in [3.63, 3.8) is 0 Å². The summed E-state index contributed by atoms with van der Waals surface area (Å²) >= 11 is 0. The summed E-state index contributed by atoms with van der Waals surface area (Å²) in [6.07, 6.45) is 1.02. The van der Waals surface area contributed by atoms with Gasteiger partial charge >= 0.3 is 0 Å². The molecule has 0 radical (unpaired) electrons. The fourth-order valence-electron chi connectivity index (χ4n) is 1.42. The fourth-order valence-corrected chi connectivity index (χ4v) is 1.42. The number of hydrogen-bond donors (Lipinski definition) is 0. The van der Waals surface area contributed by atoms with Gasteiger partial charge in [0.25, 0.3) is 0 Å². The van der Waals surface area contributed by atoms with Gasteiger partial charge < -0.3 is 0 Å². The molecule has 1 aliphatic carbocycles. The lowest BCUT2D eigenvalue weighted by atomic mass is 10.1. The van der Waals surface area contributed by atoms with Gasteiger partial charge in [0.15, 0.2) is 0 Å². The van der Waals surface area contributed by atoms with E-state index in [1.807, 2.05) is 0 Å². The van der Waals surface area contributed by atoms with Crippen LogP contribution in [0, 0.1) is 0 Å². The summed E-state index contributed by atoms with van der Waals surface area (Å²) in [7, 11) is 0. The van der Waals surface area contributed by atoms with Crippen molar-refractivity contribution in [2.45, 2.75) is 13.3 Å². The average Bonchev–Trinajstić information content (AvgIpc) is 2.76. The Labute approximate surface area is 73.2 Å². The van der Waals surface area contributed by atoms with Gasteiger partial charge in [-0.2, -0.15) is 0 Å². The normalized spacial score (nSPS) is 12.6. The molecule has 0 unspecified atom stereocenters. The van der Waals surface area contributed by atoms with Crippen LogP contribution in [0.1, 0.15) is 30.0 Å². The molecule has 2 rings (SSSR count). The zero-order chi connectivity index (χ0) is 8.72. The first-order valence-corrected chi connectivity index (χ1v) is 4.26. The molecule has 0 bridgehead atoms. The minimum Gasteiger partial charge on any atom is -0.0952 e. The van der Waals surface area contributed by atoms with E-state index in [9.17, 15) is 0 Å². The Bertz CT molecular complexity index is 370. The summed E-state index contributed by atoms with van der Waals surface area (Å²) in [6, 6.07) is 6.44. The predicted molar refractivity (Wildman–Crippen MR) is 53.9 cm³/mol. The van der Waals surface area contributed by atoms with E-state index in [-0.39, 0.29) is 0 Å². The van der Waals surface area contributed by atoms with Gasteiger partial charge in [-0.05, 0) is 40.3 Å². The van der Waals surface area contributed by atoms with Crippen molar-refractivity contribution >= 4 is 11.1 Å². The van der Waals surface area contributed by atoms with Gasteiger partial charge in [0.1, 0.15) is 0 Å². The second-order valence-corrected chi connectivity index (χ2v) is 3.20. The molecule has 1 aromatic rings. The Morgan fingerprint density at radius 3 is 2.67 bits per heavy atom. The second kappa shape index (κ2) is 2.34. The lowest BCUT2D eigenvalue weighted by Crippen LogP contribution is -1.77.